The van der Waals surface area contributed by atoms with E-state index in [0.717, 1.165) is 22.4 Å². The van der Waals surface area contributed by atoms with Gasteiger partial charge in [-0.05, 0) is 39.0 Å². The fraction of sp³-hybridized carbons (Fsp3) is 0.300. The van der Waals surface area contributed by atoms with Gasteiger partial charge in [-0.25, -0.2) is 4.98 Å². The summed E-state index contributed by atoms with van der Waals surface area (Å²) in [6, 6.07) is 15.2. The largest absolute Gasteiger partial charge is 0.496 e. The lowest BCUT2D eigenvalue weighted by Gasteiger charge is -2.27. The summed E-state index contributed by atoms with van der Waals surface area (Å²) in [6.07, 6.45) is 0. The maximum absolute atomic E-state index is 12.9. The molecule has 3 aromatic rings. The molecule has 1 atom stereocenters. The molecule has 0 radical (unpaired) electrons. The Morgan fingerprint density at radius 3 is 2.56 bits per heavy atom. The van der Waals surface area contributed by atoms with Crippen LogP contribution >= 0.6 is 0 Å². The molecule has 130 valence electrons. The van der Waals surface area contributed by atoms with E-state index in [1.807, 2.05) is 69.3 Å². The fourth-order valence-corrected chi connectivity index (χ4v) is 2.91. The van der Waals surface area contributed by atoms with E-state index in [9.17, 15) is 4.79 Å². The van der Waals surface area contributed by atoms with E-state index in [2.05, 4.69) is 15.3 Å². The number of aromatic amines is 1. The number of fused-ring (bicyclic) bond motifs is 1. The molecule has 5 heteroatoms. The SMILES string of the molecule is COc1ccccc1C(C)(C)C(=O)NC(C)c1nc2ccccc2[nH]1. The number of ether oxygens (including phenoxy) is 1. The second-order valence-corrected chi connectivity index (χ2v) is 6.66. The van der Waals surface area contributed by atoms with Crippen molar-refractivity contribution >= 4 is 16.9 Å². The fourth-order valence-electron chi connectivity index (χ4n) is 2.91. The molecule has 0 bridgehead atoms. The molecular weight excluding hydrogens is 314 g/mol. The second kappa shape index (κ2) is 6.59. The van der Waals surface area contributed by atoms with Gasteiger partial charge in [0.25, 0.3) is 0 Å². The van der Waals surface area contributed by atoms with Crippen LogP contribution in [0, 0.1) is 0 Å². The summed E-state index contributed by atoms with van der Waals surface area (Å²) < 4.78 is 5.41. The van der Waals surface area contributed by atoms with E-state index >= 15 is 0 Å². The van der Waals surface area contributed by atoms with Gasteiger partial charge in [0, 0.05) is 5.56 Å². The van der Waals surface area contributed by atoms with E-state index in [-0.39, 0.29) is 11.9 Å². The van der Waals surface area contributed by atoms with E-state index in [1.165, 1.54) is 0 Å². The van der Waals surface area contributed by atoms with Gasteiger partial charge < -0.3 is 15.0 Å². The first kappa shape index (κ1) is 17.0. The number of hydrogen-bond acceptors (Lipinski definition) is 3. The van der Waals surface area contributed by atoms with E-state index in [0.29, 0.717) is 5.75 Å². The van der Waals surface area contributed by atoms with Gasteiger partial charge in [-0.2, -0.15) is 0 Å². The van der Waals surface area contributed by atoms with Gasteiger partial charge in [-0.3, -0.25) is 4.79 Å². The van der Waals surface area contributed by atoms with E-state index in [4.69, 9.17) is 4.74 Å². The van der Waals surface area contributed by atoms with Gasteiger partial charge in [0.2, 0.25) is 5.91 Å². The number of H-pyrrole nitrogens is 1. The zero-order valence-corrected chi connectivity index (χ0v) is 15.0. The number of aromatic nitrogens is 2. The Morgan fingerprint density at radius 2 is 1.84 bits per heavy atom. The average Bonchev–Trinajstić information content (AvgIpc) is 3.05. The molecule has 1 unspecified atom stereocenters. The first-order chi connectivity index (χ1) is 11.9. The highest BCUT2D eigenvalue weighted by Gasteiger charge is 2.33. The maximum Gasteiger partial charge on any atom is 0.230 e. The Kier molecular flexibility index (Phi) is 4.49. The van der Waals surface area contributed by atoms with Crippen LogP contribution in [0.1, 0.15) is 38.2 Å². The molecule has 0 aliphatic rings. The molecular formula is C20H23N3O2. The molecule has 0 aliphatic carbocycles. The second-order valence-electron chi connectivity index (χ2n) is 6.66. The van der Waals surface area contributed by atoms with Gasteiger partial charge in [0.15, 0.2) is 0 Å². The third-order valence-electron chi connectivity index (χ3n) is 4.51. The lowest BCUT2D eigenvalue weighted by atomic mass is 9.83. The number of amides is 1. The van der Waals surface area contributed by atoms with E-state index < -0.39 is 5.41 Å². The Hall–Kier alpha value is -2.82. The highest BCUT2D eigenvalue weighted by Crippen LogP contribution is 2.32. The molecule has 5 nitrogen and oxygen atoms in total. The monoisotopic (exact) mass is 337 g/mol. The van der Waals surface area contributed by atoms with Gasteiger partial charge in [-0.1, -0.05) is 30.3 Å². The van der Waals surface area contributed by atoms with Gasteiger partial charge in [-0.15, -0.1) is 0 Å². The number of nitrogens with zero attached hydrogens (tertiary/aromatic N) is 1. The molecule has 0 fully saturated rings. The minimum absolute atomic E-state index is 0.0787. The summed E-state index contributed by atoms with van der Waals surface area (Å²) in [5.41, 5.74) is 1.98. The van der Waals surface area contributed by atoms with E-state index in [1.54, 1.807) is 7.11 Å². The van der Waals surface area contributed by atoms with Crippen LogP contribution in [-0.4, -0.2) is 23.0 Å². The molecule has 0 saturated carbocycles. The molecule has 2 aromatic carbocycles. The van der Waals surface area contributed by atoms with Crippen molar-refractivity contribution in [3.05, 3.63) is 59.9 Å². The van der Waals surface area contributed by atoms with Crippen molar-refractivity contribution < 1.29 is 9.53 Å². The third kappa shape index (κ3) is 3.22. The molecule has 25 heavy (non-hydrogen) atoms. The summed E-state index contributed by atoms with van der Waals surface area (Å²) in [4.78, 5) is 20.7. The zero-order chi connectivity index (χ0) is 18.0. The van der Waals surface area contributed by atoms with Gasteiger partial charge in [0.05, 0.1) is 29.6 Å². The minimum atomic E-state index is -0.729. The number of nitrogens with one attached hydrogen (secondary N) is 2. The number of carbonyl (C=O) groups excluding carboxylic acids is 1. The Balaban J connectivity index is 1.82. The quantitative estimate of drug-likeness (QED) is 0.745. The predicted octanol–water partition coefficient (Wildman–Crippen LogP) is 3.73. The highest BCUT2D eigenvalue weighted by atomic mass is 16.5. The molecule has 0 aliphatic heterocycles. The third-order valence-corrected chi connectivity index (χ3v) is 4.51. The lowest BCUT2D eigenvalue weighted by Crippen LogP contribution is -2.41. The Bertz CT molecular complexity index is 866. The number of benzene rings is 2. The van der Waals surface area contributed by atoms with Crippen molar-refractivity contribution in [2.75, 3.05) is 7.11 Å². The van der Waals surface area contributed by atoms with Crippen molar-refractivity contribution in [1.82, 2.24) is 15.3 Å². The smallest absolute Gasteiger partial charge is 0.230 e. The topological polar surface area (TPSA) is 67.0 Å². The highest BCUT2D eigenvalue weighted by molar-refractivity contribution is 5.88. The number of rotatable bonds is 5. The summed E-state index contributed by atoms with van der Waals surface area (Å²) >= 11 is 0. The minimum Gasteiger partial charge on any atom is -0.496 e. The summed E-state index contributed by atoms with van der Waals surface area (Å²) in [5.74, 6) is 1.37. The number of methoxy groups -OCH3 is 1. The van der Waals surface area contributed by atoms with Crippen LogP contribution in [0.4, 0.5) is 0 Å². The predicted molar refractivity (Wildman–Crippen MR) is 98.7 cm³/mol. The number of hydrogen-bond donors (Lipinski definition) is 2. The Labute approximate surface area is 147 Å². The van der Waals surface area contributed by atoms with Crippen molar-refractivity contribution in [1.29, 1.82) is 0 Å². The molecule has 1 heterocycles. The first-order valence-electron chi connectivity index (χ1n) is 8.32. The van der Waals surface area contributed by atoms with Gasteiger partial charge in [0.1, 0.15) is 11.6 Å². The van der Waals surface area contributed by atoms with Crippen LogP contribution in [-0.2, 0) is 10.2 Å². The molecule has 2 N–H and O–H groups in total. The summed E-state index contributed by atoms with van der Waals surface area (Å²) in [5, 5.41) is 3.06. The molecule has 3 rings (SSSR count). The van der Waals surface area contributed by atoms with Gasteiger partial charge >= 0.3 is 0 Å². The summed E-state index contributed by atoms with van der Waals surface area (Å²) in [6.45, 7) is 5.71. The van der Waals surface area contributed by atoms with Crippen LogP contribution in [0.3, 0.4) is 0 Å². The number of para-hydroxylation sites is 3. The van der Waals surface area contributed by atoms with Crippen LogP contribution < -0.4 is 10.1 Å². The first-order valence-corrected chi connectivity index (χ1v) is 8.32. The molecule has 1 aromatic heterocycles. The molecule has 0 spiro atoms. The van der Waals surface area contributed by atoms with Crippen LogP contribution in [0.5, 0.6) is 5.75 Å². The standard InChI is InChI=1S/C20H23N3O2/c1-13(18-22-15-10-6-7-11-16(15)23-18)21-19(24)20(2,3)14-9-5-8-12-17(14)25-4/h5-13H,1-4H3,(H,21,24)(H,22,23). The lowest BCUT2D eigenvalue weighted by molar-refractivity contribution is -0.126. The van der Waals surface area contributed by atoms with Crippen molar-refractivity contribution in [3.63, 3.8) is 0 Å². The summed E-state index contributed by atoms with van der Waals surface area (Å²) in [7, 11) is 1.61. The average molecular weight is 337 g/mol. The molecule has 1 amide bonds. The van der Waals surface area contributed by atoms with Crippen molar-refractivity contribution in [3.8, 4) is 5.75 Å². The maximum atomic E-state index is 12.9. The normalized spacial score (nSPS) is 12.8. The van der Waals surface area contributed by atoms with Crippen molar-refractivity contribution in [2.24, 2.45) is 0 Å². The Morgan fingerprint density at radius 1 is 1.16 bits per heavy atom. The van der Waals surface area contributed by atoms with Crippen LogP contribution in [0.2, 0.25) is 0 Å². The zero-order valence-electron chi connectivity index (χ0n) is 15.0. The van der Waals surface area contributed by atoms with Crippen LogP contribution in [0.25, 0.3) is 11.0 Å². The van der Waals surface area contributed by atoms with Crippen LogP contribution in [0.15, 0.2) is 48.5 Å². The number of imidazole rings is 1. The molecule has 0 saturated heterocycles. The number of carbonyl (C=O) groups is 1. The van der Waals surface area contributed by atoms with Crippen molar-refractivity contribution in [2.45, 2.75) is 32.2 Å².